The number of carbonyl (C=O) groups is 1. The Hall–Kier alpha value is -1.42. The molecule has 0 saturated carbocycles. The zero-order chi connectivity index (χ0) is 11.3. The molecule has 0 aliphatic carbocycles. The second kappa shape index (κ2) is 5.46. The van der Waals surface area contributed by atoms with Gasteiger partial charge in [0, 0.05) is 18.2 Å². The highest BCUT2D eigenvalue weighted by atomic mass is 16.1. The number of pyridine rings is 1. The van der Waals surface area contributed by atoms with Crippen LogP contribution in [-0.4, -0.2) is 16.9 Å². The summed E-state index contributed by atoms with van der Waals surface area (Å²) in [5.74, 6) is -0.0602. The Bertz CT molecular complexity index is 321. The third-order valence-corrected chi connectivity index (χ3v) is 2.17. The molecule has 0 saturated heterocycles. The zero-order valence-corrected chi connectivity index (χ0v) is 9.16. The van der Waals surface area contributed by atoms with Gasteiger partial charge in [-0.1, -0.05) is 6.92 Å². The van der Waals surface area contributed by atoms with E-state index in [0.717, 1.165) is 12.1 Å². The number of nitrogens with one attached hydrogen (secondary N) is 1. The summed E-state index contributed by atoms with van der Waals surface area (Å²) in [5.41, 5.74) is 7.32. The minimum Gasteiger partial charge on any atom is -0.327 e. The van der Waals surface area contributed by atoms with Gasteiger partial charge < -0.3 is 11.1 Å². The molecule has 82 valence electrons. The molecule has 0 radical (unpaired) electrons. The summed E-state index contributed by atoms with van der Waals surface area (Å²) in [6.07, 6.45) is 2.80. The van der Waals surface area contributed by atoms with Crippen molar-refractivity contribution < 1.29 is 4.79 Å². The molecular formula is C11H17N3O. The molecule has 0 aliphatic rings. The van der Waals surface area contributed by atoms with Gasteiger partial charge in [-0.3, -0.25) is 9.78 Å². The molecule has 3 N–H and O–H groups in total. The van der Waals surface area contributed by atoms with Gasteiger partial charge in [0.2, 0.25) is 5.91 Å². The number of aryl methyl sites for hydroxylation is 1. The number of nitrogens with zero attached hydrogens (tertiary/aromatic N) is 1. The number of amides is 1. The van der Waals surface area contributed by atoms with Crippen molar-refractivity contribution in [2.75, 3.05) is 5.32 Å². The maximum atomic E-state index is 11.4. The summed E-state index contributed by atoms with van der Waals surface area (Å²) < 4.78 is 0. The molecular weight excluding hydrogens is 190 g/mol. The van der Waals surface area contributed by atoms with Gasteiger partial charge in [-0.15, -0.1) is 0 Å². The SMILES string of the molecule is CCC(N)CC(=O)Nc1ccc(C)nc1. The first-order chi connectivity index (χ1) is 7.11. The van der Waals surface area contributed by atoms with Crippen molar-refractivity contribution in [3.63, 3.8) is 0 Å². The molecule has 1 aromatic heterocycles. The Morgan fingerprint density at radius 3 is 2.87 bits per heavy atom. The first-order valence-electron chi connectivity index (χ1n) is 5.10. The minimum atomic E-state index is -0.0663. The van der Waals surface area contributed by atoms with Gasteiger partial charge in [0.25, 0.3) is 0 Å². The van der Waals surface area contributed by atoms with Crippen LogP contribution in [0.3, 0.4) is 0 Å². The summed E-state index contributed by atoms with van der Waals surface area (Å²) in [6, 6.07) is 3.62. The summed E-state index contributed by atoms with van der Waals surface area (Å²) in [5, 5.41) is 2.75. The van der Waals surface area contributed by atoms with Crippen LogP contribution in [0.2, 0.25) is 0 Å². The largest absolute Gasteiger partial charge is 0.327 e. The highest BCUT2D eigenvalue weighted by Gasteiger charge is 2.07. The van der Waals surface area contributed by atoms with Crippen LogP contribution in [0.4, 0.5) is 5.69 Å². The lowest BCUT2D eigenvalue weighted by molar-refractivity contribution is -0.116. The number of hydrogen-bond donors (Lipinski definition) is 2. The van der Waals surface area contributed by atoms with Crippen molar-refractivity contribution in [2.45, 2.75) is 32.7 Å². The average Bonchev–Trinajstić information content (AvgIpc) is 2.21. The van der Waals surface area contributed by atoms with Crippen LogP contribution >= 0.6 is 0 Å². The molecule has 4 heteroatoms. The Kier molecular flexibility index (Phi) is 4.24. The van der Waals surface area contributed by atoms with Gasteiger partial charge in [0.1, 0.15) is 0 Å². The van der Waals surface area contributed by atoms with E-state index in [1.807, 2.05) is 26.0 Å². The second-order valence-corrected chi connectivity index (χ2v) is 3.61. The smallest absolute Gasteiger partial charge is 0.225 e. The highest BCUT2D eigenvalue weighted by Crippen LogP contribution is 2.06. The number of carbonyl (C=O) groups excluding carboxylic acids is 1. The van der Waals surface area contributed by atoms with E-state index < -0.39 is 0 Å². The second-order valence-electron chi connectivity index (χ2n) is 3.61. The fraction of sp³-hybridized carbons (Fsp3) is 0.455. The summed E-state index contributed by atoms with van der Waals surface area (Å²) >= 11 is 0. The first kappa shape index (κ1) is 11.7. The van der Waals surface area contributed by atoms with E-state index in [4.69, 9.17) is 5.73 Å². The van der Waals surface area contributed by atoms with E-state index in [2.05, 4.69) is 10.3 Å². The van der Waals surface area contributed by atoms with Gasteiger partial charge in [-0.05, 0) is 25.5 Å². The van der Waals surface area contributed by atoms with Gasteiger partial charge in [0.15, 0.2) is 0 Å². The lowest BCUT2D eigenvalue weighted by Crippen LogP contribution is -2.26. The molecule has 0 fully saturated rings. The number of aromatic nitrogens is 1. The molecule has 1 amide bonds. The molecule has 1 rings (SSSR count). The van der Waals surface area contributed by atoms with Gasteiger partial charge in [0.05, 0.1) is 11.9 Å². The van der Waals surface area contributed by atoms with Crippen LogP contribution in [0.5, 0.6) is 0 Å². The van der Waals surface area contributed by atoms with Gasteiger partial charge in [-0.25, -0.2) is 0 Å². The lowest BCUT2D eigenvalue weighted by Gasteiger charge is -2.09. The van der Waals surface area contributed by atoms with E-state index in [0.29, 0.717) is 12.1 Å². The zero-order valence-electron chi connectivity index (χ0n) is 9.16. The van der Waals surface area contributed by atoms with Gasteiger partial charge >= 0.3 is 0 Å². The van der Waals surface area contributed by atoms with Crippen LogP contribution in [0.25, 0.3) is 0 Å². The molecule has 1 unspecified atom stereocenters. The van der Waals surface area contributed by atoms with Gasteiger partial charge in [-0.2, -0.15) is 0 Å². The van der Waals surface area contributed by atoms with Crippen molar-refractivity contribution in [2.24, 2.45) is 5.73 Å². The van der Waals surface area contributed by atoms with E-state index in [-0.39, 0.29) is 11.9 Å². The number of nitrogens with two attached hydrogens (primary N) is 1. The van der Waals surface area contributed by atoms with Crippen molar-refractivity contribution in [1.29, 1.82) is 0 Å². The van der Waals surface area contributed by atoms with E-state index in [1.54, 1.807) is 6.20 Å². The van der Waals surface area contributed by atoms with E-state index in [9.17, 15) is 4.79 Å². The third-order valence-electron chi connectivity index (χ3n) is 2.17. The fourth-order valence-electron chi connectivity index (χ4n) is 1.14. The lowest BCUT2D eigenvalue weighted by atomic mass is 10.1. The van der Waals surface area contributed by atoms with Crippen LogP contribution in [-0.2, 0) is 4.79 Å². The van der Waals surface area contributed by atoms with Crippen molar-refractivity contribution >= 4 is 11.6 Å². The predicted octanol–water partition coefficient (Wildman–Crippen LogP) is 1.46. The Morgan fingerprint density at radius 2 is 2.33 bits per heavy atom. The number of hydrogen-bond acceptors (Lipinski definition) is 3. The average molecular weight is 207 g/mol. The summed E-state index contributed by atoms with van der Waals surface area (Å²) in [7, 11) is 0. The van der Waals surface area contributed by atoms with Crippen LogP contribution in [0.1, 0.15) is 25.5 Å². The summed E-state index contributed by atoms with van der Waals surface area (Å²) in [6.45, 7) is 3.87. The molecule has 0 bridgehead atoms. The Morgan fingerprint density at radius 1 is 1.60 bits per heavy atom. The van der Waals surface area contributed by atoms with Crippen molar-refractivity contribution in [3.05, 3.63) is 24.0 Å². The molecule has 15 heavy (non-hydrogen) atoms. The van der Waals surface area contributed by atoms with Crippen LogP contribution in [0, 0.1) is 6.92 Å². The molecule has 4 nitrogen and oxygen atoms in total. The Balaban J connectivity index is 2.48. The standard InChI is InChI=1S/C11H17N3O/c1-3-9(12)6-11(15)14-10-5-4-8(2)13-7-10/h4-5,7,9H,3,6,12H2,1-2H3,(H,14,15). The number of anilines is 1. The molecule has 1 heterocycles. The quantitative estimate of drug-likeness (QED) is 0.785. The molecule has 0 aromatic carbocycles. The maximum absolute atomic E-state index is 11.4. The Labute approximate surface area is 89.9 Å². The fourth-order valence-corrected chi connectivity index (χ4v) is 1.14. The third kappa shape index (κ3) is 4.08. The normalized spacial score (nSPS) is 12.2. The van der Waals surface area contributed by atoms with Crippen LogP contribution in [0.15, 0.2) is 18.3 Å². The molecule has 1 aromatic rings. The van der Waals surface area contributed by atoms with Crippen LogP contribution < -0.4 is 11.1 Å². The molecule has 0 spiro atoms. The summed E-state index contributed by atoms with van der Waals surface area (Å²) in [4.78, 5) is 15.5. The number of rotatable bonds is 4. The molecule has 0 aliphatic heterocycles. The predicted molar refractivity (Wildman–Crippen MR) is 60.5 cm³/mol. The van der Waals surface area contributed by atoms with Crippen molar-refractivity contribution in [3.8, 4) is 0 Å². The minimum absolute atomic E-state index is 0.0602. The van der Waals surface area contributed by atoms with Crippen molar-refractivity contribution in [1.82, 2.24) is 4.98 Å². The first-order valence-corrected chi connectivity index (χ1v) is 5.10. The topological polar surface area (TPSA) is 68.0 Å². The molecule has 1 atom stereocenters. The monoisotopic (exact) mass is 207 g/mol. The maximum Gasteiger partial charge on any atom is 0.225 e. The van der Waals surface area contributed by atoms with E-state index in [1.165, 1.54) is 0 Å². The van der Waals surface area contributed by atoms with E-state index >= 15 is 0 Å². The highest BCUT2D eigenvalue weighted by molar-refractivity contribution is 5.90.